The van der Waals surface area contributed by atoms with Crippen LogP contribution in [0.4, 0.5) is 5.69 Å². The Labute approximate surface area is 142 Å². The molecule has 2 fully saturated rings. The second-order valence-electron chi connectivity index (χ2n) is 6.46. The fraction of sp³-hybridized carbons (Fsp3) is 0.562. The van der Waals surface area contributed by atoms with Crippen molar-refractivity contribution in [1.82, 2.24) is 4.90 Å². The predicted molar refractivity (Wildman–Crippen MR) is 91.0 cm³/mol. The highest BCUT2D eigenvalue weighted by Crippen LogP contribution is 2.26. The van der Waals surface area contributed by atoms with E-state index in [1.807, 2.05) is 24.3 Å². The number of primary sulfonamides is 1. The minimum atomic E-state index is -3.55. The largest absolute Gasteiger partial charge is 0.379 e. The molecule has 1 amide bonds. The molecule has 2 aliphatic heterocycles. The van der Waals surface area contributed by atoms with E-state index in [0.29, 0.717) is 6.54 Å². The van der Waals surface area contributed by atoms with Gasteiger partial charge in [0.05, 0.1) is 19.0 Å². The third kappa shape index (κ3) is 4.54. The van der Waals surface area contributed by atoms with Gasteiger partial charge in [-0.3, -0.25) is 9.69 Å². The molecule has 7 nitrogen and oxygen atoms in total. The molecule has 0 bridgehead atoms. The Kier molecular flexibility index (Phi) is 5.19. The number of carbonyl (C=O) groups is 1. The summed E-state index contributed by atoms with van der Waals surface area (Å²) in [6.45, 7) is 4.67. The maximum Gasteiger partial charge on any atom is 0.227 e. The number of morpholine rings is 1. The summed E-state index contributed by atoms with van der Waals surface area (Å²) in [6.07, 6.45) is 0.228. The number of hydrogen-bond acceptors (Lipinski definition) is 5. The Hall–Kier alpha value is -1.48. The third-order valence-corrected chi connectivity index (χ3v) is 5.37. The summed E-state index contributed by atoms with van der Waals surface area (Å²) in [5.74, 6) is -0.435. The number of benzene rings is 1. The van der Waals surface area contributed by atoms with Crippen LogP contribution in [-0.2, 0) is 26.1 Å². The van der Waals surface area contributed by atoms with Crippen molar-refractivity contribution >= 4 is 21.6 Å². The molecule has 3 rings (SSSR count). The lowest BCUT2D eigenvalue weighted by Crippen LogP contribution is -2.35. The summed E-state index contributed by atoms with van der Waals surface area (Å²) >= 11 is 0. The van der Waals surface area contributed by atoms with Crippen LogP contribution in [0, 0.1) is 5.92 Å². The predicted octanol–water partition coefficient (Wildman–Crippen LogP) is 0.160. The molecule has 0 radical (unpaired) electrons. The molecule has 0 aliphatic carbocycles. The van der Waals surface area contributed by atoms with E-state index < -0.39 is 10.0 Å². The quantitative estimate of drug-likeness (QED) is 0.814. The summed E-state index contributed by atoms with van der Waals surface area (Å²) in [6, 6.07) is 7.89. The average molecular weight is 353 g/mol. The van der Waals surface area contributed by atoms with Crippen LogP contribution in [0.3, 0.4) is 0 Å². The molecular weight excluding hydrogens is 330 g/mol. The molecule has 0 aromatic heterocycles. The summed E-state index contributed by atoms with van der Waals surface area (Å²) < 4.78 is 27.8. The van der Waals surface area contributed by atoms with E-state index >= 15 is 0 Å². The SMILES string of the molecule is NS(=O)(=O)CC1CC(=O)N(c2ccc(CN3CCOCC3)cc2)C1. The number of amides is 1. The van der Waals surface area contributed by atoms with E-state index in [1.54, 1.807) is 4.90 Å². The van der Waals surface area contributed by atoms with Gasteiger partial charge in [0.2, 0.25) is 15.9 Å². The van der Waals surface area contributed by atoms with Gasteiger partial charge in [-0.15, -0.1) is 0 Å². The molecule has 2 N–H and O–H groups in total. The van der Waals surface area contributed by atoms with Crippen molar-refractivity contribution in [2.45, 2.75) is 13.0 Å². The van der Waals surface area contributed by atoms with Crippen LogP contribution in [0.15, 0.2) is 24.3 Å². The zero-order valence-corrected chi connectivity index (χ0v) is 14.4. The van der Waals surface area contributed by atoms with E-state index in [0.717, 1.165) is 38.5 Å². The van der Waals surface area contributed by atoms with Gasteiger partial charge < -0.3 is 9.64 Å². The Morgan fingerprint density at radius 2 is 1.83 bits per heavy atom. The maximum absolute atomic E-state index is 12.1. The van der Waals surface area contributed by atoms with Crippen LogP contribution < -0.4 is 10.0 Å². The number of nitrogens with two attached hydrogens (primary N) is 1. The van der Waals surface area contributed by atoms with Crippen molar-refractivity contribution < 1.29 is 17.9 Å². The number of rotatable bonds is 5. The number of hydrogen-bond donors (Lipinski definition) is 1. The molecule has 0 spiro atoms. The first-order chi connectivity index (χ1) is 11.4. The highest BCUT2D eigenvalue weighted by Gasteiger charge is 2.32. The monoisotopic (exact) mass is 353 g/mol. The van der Waals surface area contributed by atoms with E-state index in [4.69, 9.17) is 9.88 Å². The van der Waals surface area contributed by atoms with Gasteiger partial charge in [0, 0.05) is 44.2 Å². The van der Waals surface area contributed by atoms with Gasteiger partial charge in [-0.1, -0.05) is 12.1 Å². The highest BCUT2D eigenvalue weighted by atomic mass is 32.2. The molecule has 24 heavy (non-hydrogen) atoms. The van der Waals surface area contributed by atoms with Gasteiger partial charge in [0.15, 0.2) is 0 Å². The Morgan fingerprint density at radius 3 is 2.46 bits per heavy atom. The molecule has 1 atom stereocenters. The fourth-order valence-corrected chi connectivity index (χ4v) is 4.15. The zero-order valence-electron chi connectivity index (χ0n) is 13.6. The minimum Gasteiger partial charge on any atom is -0.379 e. The van der Waals surface area contributed by atoms with Gasteiger partial charge in [-0.05, 0) is 17.7 Å². The normalized spacial score (nSPS) is 23.0. The highest BCUT2D eigenvalue weighted by molar-refractivity contribution is 7.89. The number of nitrogens with zero attached hydrogens (tertiary/aromatic N) is 2. The number of carbonyl (C=O) groups excluding carboxylic acids is 1. The molecule has 2 saturated heterocycles. The molecule has 1 unspecified atom stereocenters. The molecular formula is C16H23N3O4S. The van der Waals surface area contributed by atoms with Crippen LogP contribution >= 0.6 is 0 Å². The zero-order chi connectivity index (χ0) is 17.2. The summed E-state index contributed by atoms with van der Waals surface area (Å²) in [4.78, 5) is 16.1. The van der Waals surface area contributed by atoms with Crippen molar-refractivity contribution in [2.75, 3.05) is 43.5 Å². The molecule has 2 aliphatic rings. The van der Waals surface area contributed by atoms with Crippen molar-refractivity contribution in [1.29, 1.82) is 0 Å². The first-order valence-electron chi connectivity index (χ1n) is 8.10. The van der Waals surface area contributed by atoms with E-state index in [9.17, 15) is 13.2 Å². The Bertz CT molecular complexity index is 684. The average Bonchev–Trinajstić information content (AvgIpc) is 2.87. The van der Waals surface area contributed by atoms with Gasteiger partial charge in [-0.2, -0.15) is 0 Å². The van der Waals surface area contributed by atoms with Gasteiger partial charge in [0.25, 0.3) is 0 Å². The Morgan fingerprint density at radius 1 is 1.17 bits per heavy atom. The molecule has 1 aromatic carbocycles. The van der Waals surface area contributed by atoms with Crippen LogP contribution in [0.2, 0.25) is 0 Å². The lowest BCUT2D eigenvalue weighted by Gasteiger charge is -2.26. The second kappa shape index (κ2) is 7.18. The van der Waals surface area contributed by atoms with Crippen LogP contribution in [0.25, 0.3) is 0 Å². The summed E-state index contributed by atoms with van der Waals surface area (Å²) in [5, 5.41) is 5.08. The van der Waals surface area contributed by atoms with E-state index in [2.05, 4.69) is 4.90 Å². The van der Waals surface area contributed by atoms with Gasteiger partial charge in [-0.25, -0.2) is 13.6 Å². The standard InChI is InChI=1S/C16H23N3O4S/c17-24(21,22)12-14-9-16(20)19(11-14)15-3-1-13(2-4-15)10-18-5-7-23-8-6-18/h1-4,14H,5-12H2,(H2,17,21,22). The number of anilines is 1. The van der Waals surface area contributed by atoms with Crippen LogP contribution in [-0.4, -0.2) is 57.8 Å². The first kappa shape index (κ1) is 17.3. The molecule has 2 heterocycles. The minimum absolute atomic E-state index is 0.0513. The Balaban J connectivity index is 1.61. The smallest absolute Gasteiger partial charge is 0.227 e. The fourth-order valence-electron chi connectivity index (χ4n) is 3.27. The second-order valence-corrected chi connectivity index (χ2v) is 8.12. The topological polar surface area (TPSA) is 92.9 Å². The van der Waals surface area contributed by atoms with Crippen LogP contribution in [0.5, 0.6) is 0 Å². The van der Waals surface area contributed by atoms with Crippen molar-refractivity contribution in [2.24, 2.45) is 11.1 Å². The molecule has 132 valence electrons. The third-order valence-electron chi connectivity index (χ3n) is 4.43. The maximum atomic E-state index is 12.1. The first-order valence-corrected chi connectivity index (χ1v) is 9.82. The van der Waals surface area contributed by atoms with Crippen molar-refractivity contribution in [3.63, 3.8) is 0 Å². The molecule has 0 saturated carbocycles. The van der Waals surface area contributed by atoms with E-state index in [1.165, 1.54) is 5.56 Å². The van der Waals surface area contributed by atoms with Crippen LogP contribution in [0.1, 0.15) is 12.0 Å². The van der Waals surface area contributed by atoms with Crippen molar-refractivity contribution in [3.05, 3.63) is 29.8 Å². The number of ether oxygens (including phenoxy) is 1. The summed E-state index contributed by atoms with van der Waals surface area (Å²) in [7, 11) is -3.55. The number of sulfonamides is 1. The lowest BCUT2D eigenvalue weighted by atomic mass is 10.1. The van der Waals surface area contributed by atoms with Gasteiger partial charge >= 0.3 is 0 Å². The van der Waals surface area contributed by atoms with E-state index in [-0.39, 0.29) is 24.0 Å². The summed E-state index contributed by atoms with van der Waals surface area (Å²) in [5.41, 5.74) is 2.00. The molecule has 1 aromatic rings. The van der Waals surface area contributed by atoms with Gasteiger partial charge in [0.1, 0.15) is 0 Å². The van der Waals surface area contributed by atoms with Crippen molar-refractivity contribution in [3.8, 4) is 0 Å². The molecule has 8 heteroatoms. The lowest BCUT2D eigenvalue weighted by molar-refractivity contribution is -0.117.